The van der Waals surface area contributed by atoms with Crippen molar-refractivity contribution in [1.82, 2.24) is 15.0 Å². The summed E-state index contributed by atoms with van der Waals surface area (Å²) in [7, 11) is 0. The molecule has 0 unspecified atom stereocenters. The van der Waals surface area contributed by atoms with E-state index < -0.39 is 5.41 Å². The van der Waals surface area contributed by atoms with Gasteiger partial charge < -0.3 is 4.74 Å². The minimum Gasteiger partial charge on any atom is -0.457 e. The van der Waals surface area contributed by atoms with Crippen LogP contribution < -0.4 is 4.74 Å². The van der Waals surface area contributed by atoms with E-state index in [4.69, 9.17) is 19.7 Å². The van der Waals surface area contributed by atoms with Crippen molar-refractivity contribution >= 4 is 5.57 Å². The summed E-state index contributed by atoms with van der Waals surface area (Å²) in [4.78, 5) is 14.9. The Balaban J connectivity index is 1.05. The van der Waals surface area contributed by atoms with E-state index in [-0.39, 0.29) is 0 Å². The second kappa shape index (κ2) is 14.2. The number of benzene rings is 7. The molecule has 0 amide bonds. The van der Waals surface area contributed by atoms with Gasteiger partial charge in [-0.2, -0.15) is 0 Å². The van der Waals surface area contributed by atoms with Crippen LogP contribution in [-0.4, -0.2) is 15.0 Å². The Kier molecular flexibility index (Phi) is 8.49. The number of para-hydroxylation sites is 1. The normalized spacial score (nSPS) is 13.9. The van der Waals surface area contributed by atoms with Crippen LogP contribution >= 0.6 is 0 Å². The molecule has 0 fully saturated rings. The van der Waals surface area contributed by atoms with Crippen LogP contribution in [0.15, 0.2) is 200 Å². The van der Waals surface area contributed by atoms with Gasteiger partial charge in [0.15, 0.2) is 17.5 Å². The summed E-state index contributed by atoms with van der Waals surface area (Å²) < 4.78 is 6.79. The monoisotopic (exact) mass is 719 g/mol. The van der Waals surface area contributed by atoms with E-state index in [1.165, 1.54) is 11.1 Å². The van der Waals surface area contributed by atoms with Crippen LogP contribution in [0, 0.1) is 0 Å². The number of nitrogens with zero attached hydrogens (tertiary/aromatic N) is 3. The van der Waals surface area contributed by atoms with Gasteiger partial charge in [-0.05, 0) is 70.5 Å². The maximum absolute atomic E-state index is 6.79. The van der Waals surface area contributed by atoms with Gasteiger partial charge in [0.2, 0.25) is 0 Å². The van der Waals surface area contributed by atoms with E-state index in [9.17, 15) is 0 Å². The Morgan fingerprint density at radius 3 is 1.57 bits per heavy atom. The summed E-state index contributed by atoms with van der Waals surface area (Å²) in [6, 6.07) is 64.1. The van der Waals surface area contributed by atoms with Crippen LogP contribution in [0.3, 0.4) is 0 Å². The first kappa shape index (κ1) is 33.4. The largest absolute Gasteiger partial charge is 0.457 e. The Labute approximate surface area is 327 Å². The van der Waals surface area contributed by atoms with E-state index in [0.29, 0.717) is 17.5 Å². The van der Waals surface area contributed by atoms with E-state index >= 15 is 0 Å². The van der Waals surface area contributed by atoms with Crippen molar-refractivity contribution < 1.29 is 4.74 Å². The molecule has 0 bridgehead atoms. The van der Waals surface area contributed by atoms with Crippen LogP contribution in [0.1, 0.15) is 40.9 Å². The van der Waals surface area contributed by atoms with Crippen molar-refractivity contribution in [2.45, 2.75) is 18.3 Å². The van der Waals surface area contributed by atoms with Gasteiger partial charge in [0.25, 0.3) is 0 Å². The van der Waals surface area contributed by atoms with Gasteiger partial charge >= 0.3 is 0 Å². The van der Waals surface area contributed by atoms with Crippen molar-refractivity contribution in [2.75, 3.05) is 0 Å². The molecule has 10 rings (SSSR count). The summed E-state index contributed by atoms with van der Waals surface area (Å²) in [5.74, 6) is 3.73. The van der Waals surface area contributed by atoms with Crippen molar-refractivity contribution in [2.24, 2.45) is 0 Å². The third-order valence-corrected chi connectivity index (χ3v) is 10.9. The average molecular weight is 720 g/mol. The fraction of sp³-hybridized carbons (Fsp3) is 0.0577. The van der Waals surface area contributed by atoms with Gasteiger partial charge in [0, 0.05) is 27.8 Å². The second-order valence-corrected chi connectivity index (χ2v) is 14.3. The van der Waals surface area contributed by atoms with Crippen LogP contribution in [0.5, 0.6) is 11.5 Å². The van der Waals surface area contributed by atoms with Crippen LogP contribution in [-0.2, 0) is 5.41 Å². The quantitative estimate of drug-likeness (QED) is 0.165. The van der Waals surface area contributed by atoms with Gasteiger partial charge in [0.1, 0.15) is 11.5 Å². The lowest BCUT2D eigenvalue weighted by Gasteiger charge is -2.41. The molecule has 0 N–H and O–H groups in total. The van der Waals surface area contributed by atoms with Gasteiger partial charge in [-0.15, -0.1) is 0 Å². The average Bonchev–Trinajstić information content (AvgIpc) is 3.29. The molecule has 1 aliphatic heterocycles. The molecule has 1 aliphatic carbocycles. The lowest BCUT2D eigenvalue weighted by molar-refractivity contribution is 0.435. The van der Waals surface area contributed by atoms with Crippen molar-refractivity contribution in [1.29, 1.82) is 0 Å². The fourth-order valence-electron chi connectivity index (χ4n) is 8.24. The maximum atomic E-state index is 6.79. The Hall–Kier alpha value is -7.17. The smallest absolute Gasteiger partial charge is 0.164 e. The number of hydrogen-bond donors (Lipinski definition) is 0. The molecule has 0 spiro atoms. The Bertz CT molecular complexity index is 2730. The topological polar surface area (TPSA) is 47.9 Å². The zero-order chi connectivity index (χ0) is 37.3. The van der Waals surface area contributed by atoms with E-state index in [0.717, 1.165) is 74.4 Å². The summed E-state index contributed by atoms with van der Waals surface area (Å²) >= 11 is 0. The third-order valence-electron chi connectivity index (χ3n) is 10.9. The first-order valence-electron chi connectivity index (χ1n) is 19.2. The fourth-order valence-corrected chi connectivity index (χ4v) is 8.24. The summed E-state index contributed by atoms with van der Waals surface area (Å²) in [6.07, 6.45) is 8.52. The van der Waals surface area contributed by atoms with Crippen molar-refractivity contribution in [3.63, 3.8) is 0 Å². The highest BCUT2D eigenvalue weighted by Crippen LogP contribution is 2.55. The van der Waals surface area contributed by atoms with Crippen LogP contribution in [0.2, 0.25) is 0 Å². The highest BCUT2D eigenvalue weighted by Gasteiger charge is 2.45. The van der Waals surface area contributed by atoms with Crippen molar-refractivity contribution in [3.8, 4) is 56.5 Å². The number of aromatic nitrogens is 3. The molecule has 4 nitrogen and oxygen atoms in total. The molecule has 0 atom stereocenters. The highest BCUT2D eigenvalue weighted by molar-refractivity contribution is 5.79. The Morgan fingerprint density at radius 2 is 0.911 bits per heavy atom. The molecule has 1 aromatic heterocycles. The summed E-state index contributed by atoms with van der Waals surface area (Å²) in [5.41, 5.74) is 11.4. The molecule has 0 saturated heterocycles. The van der Waals surface area contributed by atoms with E-state index in [2.05, 4.69) is 170 Å². The summed E-state index contributed by atoms with van der Waals surface area (Å²) in [6.45, 7) is 0. The van der Waals surface area contributed by atoms with Gasteiger partial charge in [0.05, 0.1) is 5.41 Å². The molecule has 0 saturated carbocycles. The van der Waals surface area contributed by atoms with Gasteiger partial charge in [-0.25, -0.2) is 15.0 Å². The predicted octanol–water partition coefficient (Wildman–Crippen LogP) is 12.8. The lowest BCUT2D eigenvalue weighted by atomic mass is 9.63. The third kappa shape index (κ3) is 5.93. The number of fused-ring (bicyclic) bond motifs is 2. The van der Waals surface area contributed by atoms with Crippen LogP contribution in [0.25, 0.3) is 50.6 Å². The zero-order valence-corrected chi connectivity index (χ0v) is 30.7. The first-order valence-corrected chi connectivity index (χ1v) is 19.2. The Morgan fingerprint density at radius 1 is 0.393 bits per heavy atom. The number of hydrogen-bond acceptors (Lipinski definition) is 4. The lowest BCUT2D eigenvalue weighted by Crippen LogP contribution is -2.34. The van der Waals surface area contributed by atoms with Gasteiger partial charge in [-0.3, -0.25) is 0 Å². The van der Waals surface area contributed by atoms with Crippen LogP contribution in [0.4, 0.5) is 0 Å². The standard InChI is InChI=1S/C52H37N3O/c1-5-17-36(18-6-1)49-53-50(37-19-7-2-8-20-37)55-51(54-49)42-24-16-23-40(34-42)38-21-15-22-39(33-38)41-31-32-46-48(35-41)56-47-30-14-13-29-45(47)52(46,43-25-9-3-10-26-43)44-27-11-4-12-28-44/h1,3-7,9-35H,2,8H2. The molecular weight excluding hydrogens is 683 g/mol. The van der Waals surface area contributed by atoms with E-state index in [1.807, 2.05) is 30.3 Å². The molecule has 2 aliphatic rings. The number of allylic oxidation sites excluding steroid dienone is 4. The zero-order valence-electron chi connectivity index (χ0n) is 30.7. The summed E-state index contributed by atoms with van der Waals surface area (Å²) in [5, 5.41) is 0. The molecule has 4 heteroatoms. The number of rotatable bonds is 7. The molecule has 8 aromatic rings. The molecule has 7 aromatic carbocycles. The molecule has 2 heterocycles. The first-order chi connectivity index (χ1) is 27.7. The molecule has 266 valence electrons. The van der Waals surface area contributed by atoms with Crippen molar-refractivity contribution in [3.05, 3.63) is 228 Å². The highest BCUT2D eigenvalue weighted by atomic mass is 16.5. The minimum absolute atomic E-state index is 0.549. The number of ether oxygens (including phenoxy) is 1. The maximum Gasteiger partial charge on any atom is 0.164 e. The van der Waals surface area contributed by atoms with E-state index in [1.54, 1.807) is 0 Å². The minimum atomic E-state index is -0.549. The predicted molar refractivity (Wildman–Crippen MR) is 226 cm³/mol. The molecule has 0 radical (unpaired) electrons. The molecule has 56 heavy (non-hydrogen) atoms. The molecular formula is C52H37N3O. The second-order valence-electron chi connectivity index (χ2n) is 14.3. The SMILES string of the molecule is C1=CC(c2nc(-c3ccccc3)nc(-c3cccc(-c4cccc(-c5ccc6c(c5)Oc5ccccc5C6(c5ccccc5)c5ccccc5)c4)c3)n2)=CCC1. The van der Waals surface area contributed by atoms with Gasteiger partial charge in [-0.1, -0.05) is 176 Å².